The fourth-order valence-electron chi connectivity index (χ4n) is 1.35. The minimum atomic E-state index is -4.48. The predicted molar refractivity (Wildman–Crippen MR) is 73.0 cm³/mol. The van der Waals surface area contributed by atoms with Crippen molar-refractivity contribution >= 4 is 46.4 Å². The number of anilines is 1. The Labute approximate surface area is 128 Å². The van der Waals surface area contributed by atoms with Crippen LogP contribution in [0.3, 0.4) is 0 Å². The molecule has 2 N–H and O–H groups in total. The van der Waals surface area contributed by atoms with Crippen LogP contribution in [0, 0.1) is 0 Å². The molecule has 0 fully saturated rings. The second-order valence-corrected chi connectivity index (χ2v) is 6.27. The van der Waals surface area contributed by atoms with E-state index in [4.69, 9.17) is 34.8 Å². The van der Waals surface area contributed by atoms with Crippen LogP contribution in [-0.4, -0.2) is 15.9 Å². The summed E-state index contributed by atoms with van der Waals surface area (Å²) in [6.07, 6.45) is -5.66. The molecule has 0 aliphatic rings. The van der Waals surface area contributed by atoms with E-state index in [0.717, 1.165) is 12.1 Å². The maximum Gasteiger partial charge on any atom is 0.416 e. The number of halogens is 6. The normalized spacial score (nSPS) is 13.8. The zero-order valence-electron chi connectivity index (χ0n) is 10.1. The molecule has 0 aliphatic carbocycles. The zero-order chi connectivity index (χ0) is 15.6. The van der Waals surface area contributed by atoms with Crippen molar-refractivity contribution in [2.75, 3.05) is 5.32 Å². The topological polar surface area (TPSA) is 41.1 Å². The molecule has 0 aromatic heterocycles. The quantitative estimate of drug-likeness (QED) is 0.641. The van der Waals surface area contributed by atoms with Crippen LogP contribution in [0.5, 0.6) is 0 Å². The maximum atomic E-state index is 12.6. The van der Waals surface area contributed by atoms with E-state index in [-0.39, 0.29) is 5.69 Å². The van der Waals surface area contributed by atoms with Crippen LogP contribution in [0.15, 0.2) is 24.3 Å². The third-order valence-electron chi connectivity index (χ3n) is 2.18. The molecule has 0 saturated carbocycles. The van der Waals surface area contributed by atoms with E-state index in [9.17, 15) is 18.0 Å². The first kappa shape index (κ1) is 17.2. The summed E-state index contributed by atoms with van der Waals surface area (Å²) in [6.45, 7) is 1.19. The van der Waals surface area contributed by atoms with Crippen LogP contribution < -0.4 is 10.6 Å². The van der Waals surface area contributed by atoms with Crippen molar-refractivity contribution in [3.63, 3.8) is 0 Å². The summed E-state index contributed by atoms with van der Waals surface area (Å²) in [5.41, 5.74) is -0.793. The fraction of sp³-hybridized carbons (Fsp3) is 0.364. The molecule has 0 spiro atoms. The highest BCUT2D eigenvalue weighted by molar-refractivity contribution is 6.68. The summed E-state index contributed by atoms with van der Waals surface area (Å²) in [6, 6.07) is 4.33. The van der Waals surface area contributed by atoms with Crippen molar-refractivity contribution in [1.82, 2.24) is 5.32 Å². The molecule has 0 heterocycles. The number of amides is 1. The summed E-state index contributed by atoms with van der Waals surface area (Å²) >= 11 is 17.0. The fourth-order valence-corrected chi connectivity index (χ4v) is 1.68. The Morgan fingerprint density at radius 3 is 2.30 bits per heavy atom. The molecule has 0 radical (unpaired) electrons. The number of benzene rings is 1. The van der Waals surface area contributed by atoms with Crippen LogP contribution in [-0.2, 0) is 11.0 Å². The van der Waals surface area contributed by atoms with Gasteiger partial charge in [0, 0.05) is 12.6 Å². The molecule has 0 aliphatic heterocycles. The van der Waals surface area contributed by atoms with Crippen LogP contribution in [0.2, 0.25) is 0 Å². The lowest BCUT2D eigenvalue weighted by Crippen LogP contribution is -2.48. The number of carbonyl (C=O) groups is 1. The Balaban J connectivity index is 2.97. The average Bonchev–Trinajstić information content (AvgIpc) is 2.25. The second-order valence-electron chi connectivity index (χ2n) is 3.90. The van der Waals surface area contributed by atoms with Gasteiger partial charge in [0.1, 0.15) is 6.17 Å². The van der Waals surface area contributed by atoms with Gasteiger partial charge in [-0.15, -0.1) is 0 Å². The largest absolute Gasteiger partial charge is 0.416 e. The molecule has 1 rings (SSSR count). The Hall–Kier alpha value is -0.850. The molecular formula is C11H10Cl3F3N2O. The standard InChI is InChI=1S/C11H10Cl3F3N2O/c1-6(20)18-9(10(12,13)14)19-8-4-2-3-7(5-8)11(15,16)17/h2-5,9,19H,1H3,(H,18,20). The van der Waals surface area contributed by atoms with Gasteiger partial charge in [0.25, 0.3) is 0 Å². The van der Waals surface area contributed by atoms with E-state index >= 15 is 0 Å². The Bertz CT molecular complexity index is 489. The number of hydrogen-bond donors (Lipinski definition) is 2. The van der Waals surface area contributed by atoms with E-state index < -0.39 is 27.6 Å². The minimum absolute atomic E-state index is 0.0601. The number of carbonyl (C=O) groups excluding carboxylic acids is 1. The first-order valence-corrected chi connectivity index (χ1v) is 6.41. The van der Waals surface area contributed by atoms with E-state index in [0.29, 0.717) is 0 Å². The molecule has 0 saturated heterocycles. The van der Waals surface area contributed by atoms with E-state index in [1.807, 2.05) is 0 Å². The second kappa shape index (κ2) is 6.28. The van der Waals surface area contributed by atoms with Gasteiger partial charge in [0.05, 0.1) is 5.56 Å². The highest BCUT2D eigenvalue weighted by atomic mass is 35.6. The van der Waals surface area contributed by atoms with Crippen LogP contribution in [0.4, 0.5) is 18.9 Å². The van der Waals surface area contributed by atoms with Gasteiger partial charge in [-0.05, 0) is 18.2 Å². The van der Waals surface area contributed by atoms with Gasteiger partial charge >= 0.3 is 6.18 Å². The average molecular weight is 350 g/mol. The van der Waals surface area contributed by atoms with Gasteiger partial charge in [-0.2, -0.15) is 13.2 Å². The monoisotopic (exact) mass is 348 g/mol. The molecule has 1 atom stereocenters. The molecule has 1 aromatic rings. The lowest BCUT2D eigenvalue weighted by atomic mass is 10.2. The number of rotatable bonds is 3. The molecule has 1 aromatic carbocycles. The minimum Gasteiger partial charge on any atom is -0.362 e. The lowest BCUT2D eigenvalue weighted by molar-refractivity contribution is -0.137. The van der Waals surface area contributed by atoms with Gasteiger partial charge in [-0.3, -0.25) is 4.79 Å². The molecular weight excluding hydrogens is 339 g/mol. The summed E-state index contributed by atoms with van der Waals surface area (Å²) in [4.78, 5) is 11.0. The Kier molecular flexibility index (Phi) is 5.40. The maximum absolute atomic E-state index is 12.6. The molecule has 1 unspecified atom stereocenters. The van der Waals surface area contributed by atoms with Crippen LogP contribution in [0.1, 0.15) is 12.5 Å². The van der Waals surface area contributed by atoms with E-state index in [1.165, 1.54) is 19.1 Å². The van der Waals surface area contributed by atoms with Gasteiger partial charge in [0.15, 0.2) is 0 Å². The van der Waals surface area contributed by atoms with Gasteiger partial charge < -0.3 is 10.6 Å². The van der Waals surface area contributed by atoms with E-state index in [2.05, 4.69) is 10.6 Å². The van der Waals surface area contributed by atoms with E-state index in [1.54, 1.807) is 0 Å². The van der Waals surface area contributed by atoms with Crippen molar-refractivity contribution in [2.45, 2.75) is 23.1 Å². The summed E-state index contributed by atoms with van der Waals surface area (Å²) in [7, 11) is 0. The highest BCUT2D eigenvalue weighted by Gasteiger charge is 2.34. The number of alkyl halides is 6. The van der Waals surface area contributed by atoms with Crippen LogP contribution >= 0.6 is 34.8 Å². The highest BCUT2D eigenvalue weighted by Crippen LogP contribution is 2.33. The molecule has 9 heteroatoms. The molecule has 3 nitrogen and oxygen atoms in total. The third-order valence-corrected chi connectivity index (χ3v) is 2.83. The summed E-state index contributed by atoms with van der Waals surface area (Å²) in [5.74, 6) is -0.499. The van der Waals surface area contributed by atoms with Gasteiger partial charge in [-0.1, -0.05) is 40.9 Å². The Morgan fingerprint density at radius 1 is 1.25 bits per heavy atom. The number of hydrogen-bond acceptors (Lipinski definition) is 2. The van der Waals surface area contributed by atoms with Crippen molar-refractivity contribution in [3.8, 4) is 0 Å². The first-order valence-electron chi connectivity index (χ1n) is 5.28. The molecule has 1 amide bonds. The predicted octanol–water partition coefficient (Wildman–Crippen LogP) is 3.95. The number of nitrogens with one attached hydrogen (secondary N) is 2. The summed E-state index contributed by atoms with van der Waals surface area (Å²) in [5, 5.41) is 4.83. The lowest BCUT2D eigenvalue weighted by Gasteiger charge is -2.27. The SMILES string of the molecule is CC(=O)NC(Nc1cccc(C(F)(F)F)c1)C(Cl)(Cl)Cl. The van der Waals surface area contributed by atoms with Gasteiger partial charge in [-0.25, -0.2) is 0 Å². The first-order chi connectivity index (χ1) is 9.00. The van der Waals surface area contributed by atoms with Crippen molar-refractivity contribution in [1.29, 1.82) is 0 Å². The van der Waals surface area contributed by atoms with Crippen LogP contribution in [0.25, 0.3) is 0 Å². The summed E-state index contributed by atoms with van der Waals surface area (Å²) < 4.78 is 35.8. The molecule has 0 bridgehead atoms. The molecule has 20 heavy (non-hydrogen) atoms. The smallest absolute Gasteiger partial charge is 0.362 e. The Morgan fingerprint density at radius 2 is 1.85 bits per heavy atom. The third kappa shape index (κ3) is 5.26. The van der Waals surface area contributed by atoms with Gasteiger partial charge in [0.2, 0.25) is 9.70 Å². The van der Waals surface area contributed by atoms with Crippen molar-refractivity contribution < 1.29 is 18.0 Å². The zero-order valence-corrected chi connectivity index (χ0v) is 12.3. The van der Waals surface area contributed by atoms with Crippen molar-refractivity contribution in [2.24, 2.45) is 0 Å². The molecule has 112 valence electrons. The van der Waals surface area contributed by atoms with Crippen molar-refractivity contribution in [3.05, 3.63) is 29.8 Å².